The molecule has 0 unspecified atom stereocenters. The maximum atomic E-state index is 12.5. The van der Waals surface area contributed by atoms with Crippen LogP contribution in [0.3, 0.4) is 0 Å². The number of halogens is 1. The lowest BCUT2D eigenvalue weighted by Gasteiger charge is -2.30. The van der Waals surface area contributed by atoms with Gasteiger partial charge < -0.3 is 0 Å². The molecule has 6 nitrogen and oxygen atoms in total. The van der Waals surface area contributed by atoms with Gasteiger partial charge in [-0.15, -0.1) is 0 Å². The molecule has 1 saturated heterocycles. The van der Waals surface area contributed by atoms with Crippen molar-refractivity contribution in [2.24, 2.45) is 11.0 Å². The van der Waals surface area contributed by atoms with Crippen molar-refractivity contribution in [1.82, 2.24) is 9.73 Å². The Morgan fingerprint density at radius 2 is 1.96 bits per heavy atom. The minimum Gasteiger partial charge on any atom is -0.273 e. The lowest BCUT2D eigenvalue weighted by molar-refractivity contribution is -0.126. The van der Waals surface area contributed by atoms with Gasteiger partial charge in [0.2, 0.25) is 15.9 Å². The zero-order valence-corrected chi connectivity index (χ0v) is 14.5. The molecule has 1 aliphatic heterocycles. The van der Waals surface area contributed by atoms with Crippen molar-refractivity contribution in [2.75, 3.05) is 13.1 Å². The van der Waals surface area contributed by atoms with E-state index >= 15 is 0 Å². The third kappa shape index (κ3) is 4.53. The van der Waals surface area contributed by atoms with Gasteiger partial charge in [0.15, 0.2) is 0 Å². The Balaban J connectivity index is 1.97. The first kappa shape index (κ1) is 17.9. The number of hydrogen-bond donors (Lipinski definition) is 1. The molecule has 0 radical (unpaired) electrons. The van der Waals surface area contributed by atoms with Crippen molar-refractivity contribution >= 4 is 33.7 Å². The molecule has 1 aromatic carbocycles. The number of nitrogens with one attached hydrogen (secondary N) is 1. The first-order chi connectivity index (χ1) is 10.9. The van der Waals surface area contributed by atoms with Crippen LogP contribution in [0.15, 0.2) is 34.3 Å². The fourth-order valence-corrected chi connectivity index (χ4v) is 4.00. The predicted octanol–water partition coefficient (Wildman–Crippen LogP) is 2.25. The monoisotopic (exact) mass is 357 g/mol. The zero-order chi connectivity index (χ0) is 16.9. The fraction of sp³-hybridized carbons (Fsp3) is 0.467. The number of hydrogen-bond acceptors (Lipinski definition) is 4. The van der Waals surface area contributed by atoms with Crippen LogP contribution in [0, 0.1) is 5.92 Å². The SMILES string of the molecule is CCC=NNC(=O)C1CCN(S(=O)(=O)c2ccc(Cl)cc2)CC1. The number of hydrazone groups is 1. The highest BCUT2D eigenvalue weighted by atomic mass is 35.5. The highest BCUT2D eigenvalue weighted by molar-refractivity contribution is 7.89. The van der Waals surface area contributed by atoms with Crippen molar-refractivity contribution in [3.8, 4) is 0 Å². The van der Waals surface area contributed by atoms with E-state index in [2.05, 4.69) is 10.5 Å². The lowest BCUT2D eigenvalue weighted by atomic mass is 9.98. The molecular formula is C15H20ClN3O3S. The summed E-state index contributed by atoms with van der Waals surface area (Å²) in [6.45, 7) is 2.57. The van der Waals surface area contributed by atoms with E-state index in [-0.39, 0.29) is 16.7 Å². The molecular weight excluding hydrogens is 338 g/mol. The Hall–Kier alpha value is -1.44. The standard InChI is InChI=1S/C15H20ClN3O3S/c1-2-9-17-18-15(20)12-7-10-19(11-8-12)23(21,22)14-5-3-13(16)4-6-14/h3-6,9,12H,2,7-8,10-11H2,1H3,(H,18,20). The molecule has 23 heavy (non-hydrogen) atoms. The van der Waals surface area contributed by atoms with E-state index in [1.807, 2.05) is 6.92 Å². The van der Waals surface area contributed by atoms with Crippen molar-refractivity contribution in [2.45, 2.75) is 31.1 Å². The summed E-state index contributed by atoms with van der Waals surface area (Å²) in [6, 6.07) is 6.10. The highest BCUT2D eigenvalue weighted by Gasteiger charge is 2.31. The summed E-state index contributed by atoms with van der Waals surface area (Å²) in [6.07, 6.45) is 3.34. The summed E-state index contributed by atoms with van der Waals surface area (Å²) in [5, 5.41) is 4.31. The number of nitrogens with zero attached hydrogens (tertiary/aromatic N) is 2. The molecule has 8 heteroatoms. The predicted molar refractivity (Wildman–Crippen MR) is 89.9 cm³/mol. The second-order valence-corrected chi connectivity index (χ2v) is 7.70. The average Bonchev–Trinajstić information content (AvgIpc) is 2.55. The summed E-state index contributed by atoms with van der Waals surface area (Å²) in [5.41, 5.74) is 2.49. The van der Waals surface area contributed by atoms with Crippen LogP contribution in [0.2, 0.25) is 5.02 Å². The van der Waals surface area contributed by atoms with Crippen molar-refractivity contribution < 1.29 is 13.2 Å². The summed E-state index contributed by atoms with van der Waals surface area (Å²) in [5.74, 6) is -0.362. The summed E-state index contributed by atoms with van der Waals surface area (Å²) < 4.78 is 26.5. The molecule has 0 aliphatic carbocycles. The molecule has 1 N–H and O–H groups in total. The first-order valence-corrected chi connectivity index (χ1v) is 9.34. The fourth-order valence-electron chi connectivity index (χ4n) is 2.41. The van der Waals surface area contributed by atoms with Crippen LogP contribution in [0.5, 0.6) is 0 Å². The number of carbonyl (C=O) groups is 1. The molecule has 126 valence electrons. The zero-order valence-electron chi connectivity index (χ0n) is 12.9. The Labute approximate surface area is 141 Å². The summed E-state index contributed by atoms with van der Waals surface area (Å²) >= 11 is 5.79. The third-order valence-electron chi connectivity index (χ3n) is 3.72. The van der Waals surface area contributed by atoms with Gasteiger partial charge in [-0.25, -0.2) is 13.8 Å². The molecule has 0 spiro atoms. The largest absolute Gasteiger partial charge is 0.273 e. The van der Waals surface area contributed by atoms with E-state index < -0.39 is 10.0 Å². The molecule has 1 heterocycles. The number of benzene rings is 1. The summed E-state index contributed by atoms with van der Waals surface area (Å²) in [4.78, 5) is 12.1. The third-order valence-corrected chi connectivity index (χ3v) is 5.89. The van der Waals surface area contributed by atoms with Crippen LogP contribution < -0.4 is 5.43 Å². The molecule has 0 bridgehead atoms. The van der Waals surface area contributed by atoms with E-state index in [9.17, 15) is 13.2 Å². The lowest BCUT2D eigenvalue weighted by Crippen LogP contribution is -2.42. The molecule has 2 rings (SSSR count). The number of piperidine rings is 1. The summed E-state index contributed by atoms with van der Waals surface area (Å²) in [7, 11) is -3.54. The maximum absolute atomic E-state index is 12.5. The van der Waals surface area contributed by atoms with Crippen LogP contribution in [0.25, 0.3) is 0 Å². The Morgan fingerprint density at radius 1 is 1.35 bits per heavy atom. The van der Waals surface area contributed by atoms with E-state index in [0.29, 0.717) is 31.0 Å². The number of amides is 1. The second-order valence-electron chi connectivity index (χ2n) is 5.33. The maximum Gasteiger partial charge on any atom is 0.243 e. The minimum absolute atomic E-state index is 0.154. The molecule has 0 aromatic heterocycles. The Kier molecular flexibility index (Phi) is 6.15. The van der Waals surface area contributed by atoms with Gasteiger partial charge in [0.05, 0.1) is 4.90 Å². The van der Waals surface area contributed by atoms with Crippen molar-refractivity contribution in [3.05, 3.63) is 29.3 Å². The molecule has 1 fully saturated rings. The number of rotatable bonds is 5. The van der Waals surface area contributed by atoms with E-state index in [0.717, 1.165) is 6.42 Å². The van der Waals surface area contributed by atoms with E-state index in [1.54, 1.807) is 18.3 Å². The van der Waals surface area contributed by atoms with Crippen LogP contribution >= 0.6 is 11.6 Å². The van der Waals surface area contributed by atoms with Crippen LogP contribution in [0.1, 0.15) is 26.2 Å². The minimum atomic E-state index is -3.54. The molecule has 1 aliphatic rings. The molecule has 1 amide bonds. The van der Waals surface area contributed by atoms with Gasteiger partial charge in [-0.3, -0.25) is 4.79 Å². The number of carbonyl (C=O) groups excluding carboxylic acids is 1. The van der Waals surface area contributed by atoms with Gasteiger partial charge in [0.25, 0.3) is 0 Å². The highest BCUT2D eigenvalue weighted by Crippen LogP contribution is 2.24. The van der Waals surface area contributed by atoms with Crippen LogP contribution in [0.4, 0.5) is 0 Å². The number of sulfonamides is 1. The Bertz CT molecular complexity index is 666. The molecule has 0 saturated carbocycles. The average molecular weight is 358 g/mol. The van der Waals surface area contributed by atoms with Gasteiger partial charge >= 0.3 is 0 Å². The Morgan fingerprint density at radius 3 is 2.52 bits per heavy atom. The van der Waals surface area contributed by atoms with Crippen LogP contribution in [-0.2, 0) is 14.8 Å². The normalized spacial score (nSPS) is 17.5. The smallest absolute Gasteiger partial charge is 0.243 e. The van der Waals surface area contributed by atoms with Gasteiger partial charge in [-0.2, -0.15) is 9.41 Å². The quantitative estimate of drug-likeness (QED) is 0.648. The van der Waals surface area contributed by atoms with Crippen LogP contribution in [-0.4, -0.2) is 37.9 Å². The van der Waals surface area contributed by atoms with Crippen molar-refractivity contribution in [1.29, 1.82) is 0 Å². The van der Waals surface area contributed by atoms with Gasteiger partial charge in [-0.1, -0.05) is 18.5 Å². The first-order valence-electron chi connectivity index (χ1n) is 7.52. The van der Waals surface area contributed by atoms with Crippen molar-refractivity contribution in [3.63, 3.8) is 0 Å². The topological polar surface area (TPSA) is 78.8 Å². The van der Waals surface area contributed by atoms with E-state index in [4.69, 9.17) is 11.6 Å². The van der Waals surface area contributed by atoms with Gasteiger partial charge in [-0.05, 0) is 43.5 Å². The van der Waals surface area contributed by atoms with Gasteiger partial charge in [0.1, 0.15) is 0 Å². The second kappa shape index (κ2) is 7.90. The van der Waals surface area contributed by atoms with E-state index in [1.165, 1.54) is 16.4 Å². The molecule has 0 atom stereocenters. The van der Waals surface area contributed by atoms with Gasteiger partial charge in [0, 0.05) is 30.2 Å². The molecule has 1 aromatic rings.